The number of aryl methyl sites for hydroxylation is 1. The van der Waals surface area contributed by atoms with E-state index in [0.717, 1.165) is 11.8 Å². The van der Waals surface area contributed by atoms with Crippen molar-refractivity contribution in [2.75, 3.05) is 0 Å². The summed E-state index contributed by atoms with van der Waals surface area (Å²) >= 11 is 0. The predicted octanol–water partition coefficient (Wildman–Crippen LogP) is 3.14. The monoisotopic (exact) mass is 309 g/mol. The van der Waals surface area contributed by atoms with Gasteiger partial charge in [-0.15, -0.1) is 0 Å². The normalized spacial score (nSPS) is 36.1. The lowest BCUT2D eigenvalue weighted by molar-refractivity contribution is -0.0120. The zero-order valence-electron chi connectivity index (χ0n) is 12.6. The number of hydrogen-bond donors (Lipinski definition) is 1. The van der Waals surface area contributed by atoms with Crippen molar-refractivity contribution in [1.29, 1.82) is 0 Å². The van der Waals surface area contributed by atoms with Gasteiger partial charge in [-0.3, -0.25) is 4.79 Å². The number of amides is 1. The second-order valence-corrected chi connectivity index (χ2v) is 7.32. The topological polar surface area (TPSA) is 46.9 Å². The highest BCUT2D eigenvalue weighted by Gasteiger charge is 2.48. The van der Waals surface area contributed by atoms with Crippen LogP contribution >= 0.6 is 0 Å². The van der Waals surface area contributed by atoms with Crippen LogP contribution in [0.25, 0.3) is 0 Å². The summed E-state index contributed by atoms with van der Waals surface area (Å²) in [5.41, 5.74) is 0.414. The Morgan fingerprint density at radius 3 is 2.32 bits per heavy atom. The van der Waals surface area contributed by atoms with Gasteiger partial charge in [0.15, 0.2) is 5.69 Å². The van der Waals surface area contributed by atoms with Crippen LogP contribution in [-0.2, 0) is 0 Å². The van der Waals surface area contributed by atoms with Crippen LogP contribution in [0.1, 0.15) is 54.8 Å². The Bertz CT molecular complexity index is 570. The number of nitrogens with one attached hydrogen (secondary N) is 1. The molecule has 0 unspecified atom stereocenters. The fourth-order valence-corrected chi connectivity index (χ4v) is 5.18. The maximum Gasteiger partial charge on any atom is 0.333 e. The quantitative estimate of drug-likeness (QED) is 0.932. The summed E-state index contributed by atoms with van der Waals surface area (Å²) in [7, 11) is 0. The van der Waals surface area contributed by atoms with Crippen molar-refractivity contribution >= 4 is 5.91 Å². The second-order valence-electron chi connectivity index (χ2n) is 7.32. The molecule has 0 radical (unpaired) electrons. The van der Waals surface area contributed by atoms with Gasteiger partial charge in [0, 0.05) is 11.7 Å². The van der Waals surface area contributed by atoms with Gasteiger partial charge in [0.2, 0.25) is 0 Å². The summed E-state index contributed by atoms with van der Waals surface area (Å²) in [6, 6.07) is 1.65. The number of nitrogens with zero attached hydrogens (tertiary/aromatic N) is 2. The molecule has 1 aromatic rings. The van der Waals surface area contributed by atoms with E-state index in [1.807, 2.05) is 0 Å². The Kier molecular flexibility index (Phi) is 3.24. The van der Waals surface area contributed by atoms with Crippen LogP contribution < -0.4 is 5.32 Å². The molecule has 6 heteroatoms. The van der Waals surface area contributed by atoms with Crippen molar-refractivity contribution in [2.45, 2.75) is 51.6 Å². The van der Waals surface area contributed by atoms with E-state index in [1.54, 1.807) is 6.92 Å². The van der Waals surface area contributed by atoms with Crippen molar-refractivity contribution in [2.24, 2.45) is 23.7 Å². The van der Waals surface area contributed by atoms with Crippen LogP contribution in [0.2, 0.25) is 0 Å². The molecular weight excluding hydrogens is 288 g/mol. The van der Waals surface area contributed by atoms with Gasteiger partial charge in [-0.05, 0) is 68.8 Å². The van der Waals surface area contributed by atoms with Crippen molar-refractivity contribution < 1.29 is 13.6 Å². The highest BCUT2D eigenvalue weighted by Crippen LogP contribution is 2.53. The minimum Gasteiger partial charge on any atom is -0.347 e. The summed E-state index contributed by atoms with van der Waals surface area (Å²) in [5, 5.41) is 6.85. The van der Waals surface area contributed by atoms with Gasteiger partial charge in [0.25, 0.3) is 5.91 Å². The minimum absolute atomic E-state index is 0.103. The Labute approximate surface area is 128 Å². The number of aromatic nitrogens is 2. The van der Waals surface area contributed by atoms with Crippen LogP contribution in [-0.4, -0.2) is 21.7 Å². The summed E-state index contributed by atoms with van der Waals surface area (Å²) in [6.07, 6.45) is 6.21. The highest BCUT2D eigenvalue weighted by molar-refractivity contribution is 5.92. The van der Waals surface area contributed by atoms with Gasteiger partial charge in [-0.1, -0.05) is 0 Å². The molecule has 4 nitrogen and oxygen atoms in total. The molecule has 0 atom stereocenters. The van der Waals surface area contributed by atoms with E-state index in [1.165, 1.54) is 38.2 Å². The van der Waals surface area contributed by atoms with E-state index in [4.69, 9.17) is 0 Å². The summed E-state index contributed by atoms with van der Waals surface area (Å²) in [4.78, 5) is 12.4. The molecule has 1 aromatic heterocycles. The first kappa shape index (κ1) is 14.2. The van der Waals surface area contributed by atoms with Gasteiger partial charge in [-0.2, -0.15) is 13.9 Å². The first-order chi connectivity index (χ1) is 10.5. The molecule has 0 saturated heterocycles. The lowest BCUT2D eigenvalue weighted by Gasteiger charge is -2.54. The molecule has 4 fully saturated rings. The molecule has 0 spiro atoms. The summed E-state index contributed by atoms with van der Waals surface area (Å²) in [5.74, 6) is 2.52. The number of carbonyl (C=O) groups excluding carboxylic acids is 1. The highest BCUT2D eigenvalue weighted by atomic mass is 19.3. The number of halogens is 2. The Morgan fingerprint density at radius 2 is 1.82 bits per heavy atom. The third-order valence-corrected chi connectivity index (χ3v) is 5.86. The van der Waals surface area contributed by atoms with E-state index < -0.39 is 6.55 Å². The molecule has 1 amide bonds. The average molecular weight is 309 g/mol. The Morgan fingerprint density at radius 1 is 1.23 bits per heavy atom. The largest absolute Gasteiger partial charge is 0.347 e. The lowest BCUT2D eigenvalue weighted by atomic mass is 9.54. The SMILES string of the molecule is Cc1cc(C(=O)NC2C3CC4CC(C3)CC2C4)nn1C(F)F. The van der Waals surface area contributed by atoms with Crippen molar-refractivity contribution in [3.05, 3.63) is 17.5 Å². The second kappa shape index (κ2) is 5.03. The van der Waals surface area contributed by atoms with Crippen molar-refractivity contribution in [1.82, 2.24) is 15.1 Å². The van der Waals surface area contributed by atoms with E-state index in [9.17, 15) is 13.6 Å². The van der Waals surface area contributed by atoms with E-state index >= 15 is 0 Å². The smallest absolute Gasteiger partial charge is 0.333 e. The molecule has 4 aliphatic rings. The van der Waals surface area contributed by atoms with Gasteiger partial charge in [-0.25, -0.2) is 4.68 Å². The van der Waals surface area contributed by atoms with Gasteiger partial charge < -0.3 is 5.32 Å². The zero-order valence-corrected chi connectivity index (χ0v) is 12.6. The third kappa shape index (κ3) is 2.23. The molecule has 22 heavy (non-hydrogen) atoms. The van der Waals surface area contributed by atoms with Crippen LogP contribution in [0.15, 0.2) is 6.07 Å². The minimum atomic E-state index is -2.71. The zero-order chi connectivity index (χ0) is 15.4. The Balaban J connectivity index is 1.49. The van der Waals surface area contributed by atoms with Gasteiger partial charge >= 0.3 is 6.55 Å². The van der Waals surface area contributed by atoms with Crippen molar-refractivity contribution in [3.8, 4) is 0 Å². The maximum atomic E-state index is 12.8. The van der Waals surface area contributed by atoms with Crippen molar-refractivity contribution in [3.63, 3.8) is 0 Å². The fraction of sp³-hybridized carbons (Fsp3) is 0.750. The fourth-order valence-electron chi connectivity index (χ4n) is 5.18. The molecule has 4 aliphatic carbocycles. The number of carbonyl (C=O) groups is 1. The summed E-state index contributed by atoms with van der Waals surface area (Å²) < 4.78 is 26.1. The lowest BCUT2D eigenvalue weighted by Crippen LogP contribution is -2.55. The number of alkyl halides is 2. The average Bonchev–Trinajstić information content (AvgIpc) is 2.84. The standard InChI is InChI=1S/C16H21F2N3O/c1-8-2-13(20-21(8)16(17)18)15(22)19-14-11-4-9-3-10(6-11)7-12(14)5-9/h2,9-12,14,16H,3-7H2,1H3,(H,19,22). The predicted molar refractivity (Wildman–Crippen MR) is 76.5 cm³/mol. The van der Waals surface area contributed by atoms with E-state index in [2.05, 4.69) is 10.4 Å². The Hall–Kier alpha value is -1.46. The van der Waals surface area contributed by atoms with Crippen LogP contribution in [0, 0.1) is 30.6 Å². The van der Waals surface area contributed by atoms with Crippen LogP contribution in [0.3, 0.4) is 0 Å². The molecule has 1 heterocycles. The molecule has 4 bridgehead atoms. The van der Waals surface area contributed by atoms with Crippen LogP contribution in [0.4, 0.5) is 8.78 Å². The van der Waals surface area contributed by atoms with Gasteiger partial charge in [0.05, 0.1) is 0 Å². The third-order valence-electron chi connectivity index (χ3n) is 5.86. The molecule has 0 aromatic carbocycles. The van der Waals surface area contributed by atoms with Crippen LogP contribution in [0.5, 0.6) is 0 Å². The summed E-state index contributed by atoms with van der Waals surface area (Å²) in [6.45, 7) is -1.17. The first-order valence-electron chi connectivity index (χ1n) is 8.16. The van der Waals surface area contributed by atoms with Gasteiger partial charge in [0.1, 0.15) is 0 Å². The molecule has 0 aliphatic heterocycles. The maximum absolute atomic E-state index is 12.8. The molecule has 5 rings (SSSR count). The molecule has 1 N–H and O–H groups in total. The van der Waals surface area contributed by atoms with E-state index in [0.29, 0.717) is 22.2 Å². The van der Waals surface area contributed by atoms with E-state index in [-0.39, 0.29) is 17.6 Å². The molecular formula is C16H21F2N3O. The number of hydrogen-bond acceptors (Lipinski definition) is 2. The molecule has 4 saturated carbocycles. The first-order valence-corrected chi connectivity index (χ1v) is 8.16. The number of rotatable bonds is 3. The molecule has 120 valence electrons.